The van der Waals surface area contributed by atoms with Crippen molar-refractivity contribution in [1.29, 1.82) is 0 Å². The summed E-state index contributed by atoms with van der Waals surface area (Å²) in [4.78, 5) is 11.9. The first-order valence-corrected chi connectivity index (χ1v) is 15.1. The van der Waals surface area contributed by atoms with E-state index >= 15 is 0 Å². The highest BCUT2D eigenvalue weighted by molar-refractivity contribution is 5.69. The Balaban J connectivity index is 1.65. The molecule has 0 heterocycles. The van der Waals surface area contributed by atoms with E-state index in [2.05, 4.69) is 44.4 Å². The second-order valence-corrected chi connectivity index (χ2v) is 13.4. The van der Waals surface area contributed by atoms with Crippen LogP contribution in [0.3, 0.4) is 0 Å². The molecule has 3 aliphatic carbocycles. The molecule has 5 heteroatoms. The second-order valence-electron chi connectivity index (χ2n) is 13.4. The van der Waals surface area contributed by atoms with E-state index in [9.17, 15) is 20.1 Å². The van der Waals surface area contributed by atoms with Crippen LogP contribution in [0.2, 0.25) is 0 Å². The molecule has 3 N–H and O–H groups in total. The van der Waals surface area contributed by atoms with Gasteiger partial charge in [0.15, 0.2) is 0 Å². The van der Waals surface area contributed by atoms with Gasteiger partial charge >= 0.3 is 5.97 Å². The third kappa shape index (κ3) is 8.09. The highest BCUT2D eigenvalue weighted by Gasteiger charge is 2.50. The third-order valence-electron chi connectivity index (χ3n) is 9.43. The van der Waals surface area contributed by atoms with E-state index in [1.165, 1.54) is 31.3 Å². The molecule has 3 aliphatic rings. The SMILES string of the molecule is C=C1/C(=C\C=C2/CCC[C@]3(C)[C@@H]([C@H](C)CC#CC(C)(C)O)CC[C@@H]23)C[C@@H](O)[C@H](CCCC(=O)OC(C)C)[C@@H]1O. The van der Waals surface area contributed by atoms with Gasteiger partial charge in [0.1, 0.15) is 5.60 Å². The molecule has 0 radical (unpaired) electrons. The number of aliphatic hydroxyl groups is 3. The van der Waals surface area contributed by atoms with Crippen molar-refractivity contribution in [3.05, 3.63) is 35.5 Å². The zero-order chi connectivity index (χ0) is 29.0. The monoisotopic (exact) mass is 540 g/mol. The fourth-order valence-corrected chi connectivity index (χ4v) is 7.49. The van der Waals surface area contributed by atoms with Crippen LogP contribution in [0.25, 0.3) is 0 Å². The van der Waals surface area contributed by atoms with E-state index in [0.717, 1.165) is 18.4 Å². The van der Waals surface area contributed by atoms with E-state index in [-0.39, 0.29) is 23.4 Å². The first-order chi connectivity index (χ1) is 18.2. The summed E-state index contributed by atoms with van der Waals surface area (Å²) < 4.78 is 5.19. The number of allylic oxidation sites excluding steroid dienone is 3. The van der Waals surface area contributed by atoms with Crippen molar-refractivity contribution in [1.82, 2.24) is 0 Å². The number of carbonyl (C=O) groups excluding carboxylic acids is 1. The van der Waals surface area contributed by atoms with Crippen LogP contribution in [-0.4, -0.2) is 45.2 Å². The molecule has 0 spiro atoms. The normalized spacial score (nSPS) is 34.1. The molecule has 0 unspecified atom stereocenters. The number of carbonyl (C=O) groups is 1. The molecule has 0 amide bonds. The van der Waals surface area contributed by atoms with Gasteiger partial charge in [0.2, 0.25) is 0 Å². The number of esters is 1. The maximum atomic E-state index is 11.9. The second kappa shape index (κ2) is 13.2. The highest BCUT2D eigenvalue weighted by Crippen LogP contribution is 2.59. The number of hydrogen-bond acceptors (Lipinski definition) is 5. The maximum Gasteiger partial charge on any atom is 0.306 e. The van der Waals surface area contributed by atoms with Crippen molar-refractivity contribution in [2.75, 3.05) is 0 Å². The van der Waals surface area contributed by atoms with Crippen LogP contribution in [0.5, 0.6) is 0 Å². The molecule has 7 atom stereocenters. The average Bonchev–Trinajstić information content (AvgIpc) is 3.19. The lowest BCUT2D eigenvalue weighted by Crippen LogP contribution is -2.38. The fourth-order valence-electron chi connectivity index (χ4n) is 7.49. The topological polar surface area (TPSA) is 87.0 Å². The molecule has 3 fully saturated rings. The van der Waals surface area contributed by atoms with Crippen molar-refractivity contribution >= 4 is 5.97 Å². The van der Waals surface area contributed by atoms with Gasteiger partial charge in [-0.2, -0.15) is 0 Å². The van der Waals surface area contributed by atoms with Gasteiger partial charge in [-0.15, -0.1) is 5.92 Å². The van der Waals surface area contributed by atoms with Crippen LogP contribution in [0, 0.1) is 40.9 Å². The minimum atomic E-state index is -0.943. The molecule has 39 heavy (non-hydrogen) atoms. The number of rotatable bonds is 8. The molecule has 0 aromatic heterocycles. The Morgan fingerprint density at radius 2 is 1.95 bits per heavy atom. The molecule has 0 bridgehead atoms. The Morgan fingerprint density at radius 1 is 1.23 bits per heavy atom. The molecule has 0 aromatic carbocycles. The molecule has 3 rings (SSSR count). The Morgan fingerprint density at radius 3 is 2.62 bits per heavy atom. The summed E-state index contributed by atoms with van der Waals surface area (Å²) in [7, 11) is 0. The Kier molecular flexibility index (Phi) is 10.7. The number of aliphatic hydroxyl groups excluding tert-OH is 2. The quantitative estimate of drug-likeness (QED) is 0.249. The maximum absolute atomic E-state index is 11.9. The molecular weight excluding hydrogens is 488 g/mol. The standard InChI is InChI=1S/C34H52O5/c1-22(2)39-31(36)14-8-13-27-30(35)21-26(24(4)32(27)37)16-15-25-12-10-20-34(7)28(17-18-29(25)34)23(3)11-9-19-33(5,6)38/h15-16,22-23,27-30,32,35,37-38H,4,8,10-14,17-18,20-21H2,1-3,5-7H3/b25-15+,26-16-/t23-,27+,28-,29+,30-,32-,34-/m1/s1. The minimum absolute atomic E-state index is 0.135. The van der Waals surface area contributed by atoms with Gasteiger partial charge in [-0.25, -0.2) is 0 Å². The summed E-state index contributed by atoms with van der Waals surface area (Å²) in [6, 6.07) is 0. The minimum Gasteiger partial charge on any atom is -0.463 e. The number of fused-ring (bicyclic) bond motifs is 1. The van der Waals surface area contributed by atoms with Crippen molar-refractivity contribution in [2.24, 2.45) is 29.1 Å². The summed E-state index contributed by atoms with van der Waals surface area (Å²) >= 11 is 0. The van der Waals surface area contributed by atoms with Crippen molar-refractivity contribution in [2.45, 2.75) is 130 Å². The summed E-state index contributed by atoms with van der Waals surface area (Å²) in [6.07, 6.45) is 11.4. The highest BCUT2D eigenvalue weighted by atomic mass is 16.5. The van der Waals surface area contributed by atoms with Crippen LogP contribution >= 0.6 is 0 Å². The van der Waals surface area contributed by atoms with Gasteiger partial charge in [-0.1, -0.05) is 44.1 Å². The lowest BCUT2D eigenvalue weighted by atomic mass is 9.61. The predicted molar refractivity (Wildman–Crippen MR) is 157 cm³/mol. The molecule has 0 saturated heterocycles. The third-order valence-corrected chi connectivity index (χ3v) is 9.43. The Labute approximate surface area is 236 Å². The molecular formula is C34H52O5. The first-order valence-electron chi connectivity index (χ1n) is 15.1. The molecule has 5 nitrogen and oxygen atoms in total. The molecule has 218 valence electrons. The van der Waals surface area contributed by atoms with Crippen molar-refractivity contribution < 1.29 is 24.9 Å². The van der Waals surface area contributed by atoms with Gasteiger partial charge < -0.3 is 20.1 Å². The largest absolute Gasteiger partial charge is 0.463 e. The molecule has 0 aromatic rings. The summed E-state index contributed by atoms with van der Waals surface area (Å²) in [5.74, 6) is 7.30. The zero-order valence-corrected chi connectivity index (χ0v) is 25.1. The van der Waals surface area contributed by atoms with Crippen LogP contribution < -0.4 is 0 Å². The summed E-state index contributed by atoms with van der Waals surface area (Å²) in [5.41, 5.74) is 2.41. The zero-order valence-electron chi connectivity index (χ0n) is 25.1. The smallest absolute Gasteiger partial charge is 0.306 e. The Bertz CT molecular complexity index is 1000. The van der Waals surface area contributed by atoms with Gasteiger partial charge in [-0.3, -0.25) is 4.79 Å². The molecule has 3 saturated carbocycles. The number of ether oxygens (including phenoxy) is 1. The van der Waals surface area contributed by atoms with Gasteiger partial charge in [0.05, 0.1) is 18.3 Å². The van der Waals surface area contributed by atoms with Crippen LogP contribution in [0.1, 0.15) is 106 Å². The van der Waals surface area contributed by atoms with E-state index in [0.29, 0.717) is 49.0 Å². The summed E-state index contributed by atoms with van der Waals surface area (Å²) in [5, 5.41) is 31.8. The summed E-state index contributed by atoms with van der Waals surface area (Å²) in [6.45, 7) is 16.1. The van der Waals surface area contributed by atoms with Gasteiger partial charge in [0.25, 0.3) is 0 Å². The fraction of sp³-hybridized carbons (Fsp3) is 0.735. The van der Waals surface area contributed by atoms with Crippen molar-refractivity contribution in [3.8, 4) is 11.8 Å². The lowest BCUT2D eigenvalue weighted by Gasteiger charge is -2.44. The Hall–Kier alpha value is -1.87. The lowest BCUT2D eigenvalue weighted by molar-refractivity contribution is -0.147. The average molecular weight is 541 g/mol. The van der Waals surface area contributed by atoms with Gasteiger partial charge in [0, 0.05) is 18.8 Å². The van der Waals surface area contributed by atoms with Crippen molar-refractivity contribution in [3.63, 3.8) is 0 Å². The van der Waals surface area contributed by atoms with Gasteiger partial charge in [-0.05, 0) is 113 Å². The first kappa shape index (κ1) is 31.7. The van der Waals surface area contributed by atoms with E-state index in [4.69, 9.17) is 4.74 Å². The van der Waals surface area contributed by atoms with Crippen LogP contribution in [0.15, 0.2) is 35.5 Å². The van der Waals surface area contributed by atoms with E-state index < -0.39 is 17.8 Å². The number of hydrogen-bond donors (Lipinski definition) is 3. The van der Waals surface area contributed by atoms with E-state index in [1.54, 1.807) is 13.8 Å². The molecule has 0 aliphatic heterocycles. The van der Waals surface area contributed by atoms with E-state index in [1.807, 2.05) is 13.8 Å². The van der Waals surface area contributed by atoms with Crippen LogP contribution in [0.4, 0.5) is 0 Å². The van der Waals surface area contributed by atoms with Crippen LogP contribution in [-0.2, 0) is 9.53 Å². The predicted octanol–water partition coefficient (Wildman–Crippen LogP) is 6.28.